The first kappa shape index (κ1) is 30.0. The largest absolute Gasteiger partial charge is 0.448 e. The molecule has 0 spiro atoms. The highest BCUT2D eigenvalue weighted by Gasteiger charge is 2.21. The Hall–Kier alpha value is -2.99. The topological polar surface area (TPSA) is 135 Å². The molecule has 1 aromatic heterocycles. The van der Waals surface area contributed by atoms with E-state index in [1.54, 1.807) is 13.1 Å². The van der Waals surface area contributed by atoms with Gasteiger partial charge in [0, 0.05) is 43.2 Å². The number of aryl methyl sites for hydroxylation is 1. The molecule has 0 aliphatic carbocycles. The van der Waals surface area contributed by atoms with Gasteiger partial charge in [-0.15, -0.1) is 4.36 Å². The van der Waals surface area contributed by atoms with E-state index in [1.807, 2.05) is 20.8 Å². The van der Waals surface area contributed by atoms with E-state index in [1.165, 1.54) is 31.6 Å². The van der Waals surface area contributed by atoms with Gasteiger partial charge in [0.1, 0.15) is 5.82 Å². The normalized spacial score (nSPS) is 11.9. The summed E-state index contributed by atoms with van der Waals surface area (Å²) in [6.07, 6.45) is 3.63. The van der Waals surface area contributed by atoms with Crippen LogP contribution < -0.4 is 10.6 Å². The first-order valence-corrected chi connectivity index (χ1v) is 13.5. The molecule has 0 fully saturated rings. The van der Waals surface area contributed by atoms with Gasteiger partial charge in [-0.3, -0.25) is 0 Å². The third kappa shape index (κ3) is 9.65. The van der Waals surface area contributed by atoms with E-state index in [2.05, 4.69) is 29.8 Å². The second-order valence-electron chi connectivity index (χ2n) is 6.94. The summed E-state index contributed by atoms with van der Waals surface area (Å²) in [5.74, 6) is 0.680. The molecule has 1 unspecified atom stereocenters. The minimum absolute atomic E-state index is 0.121. The van der Waals surface area contributed by atoms with Crippen molar-refractivity contribution >= 4 is 44.6 Å². The van der Waals surface area contributed by atoms with Gasteiger partial charge in [0.05, 0.1) is 31.8 Å². The van der Waals surface area contributed by atoms with Gasteiger partial charge in [-0.2, -0.15) is 0 Å². The molecule has 0 radical (unpaired) electrons. The van der Waals surface area contributed by atoms with Gasteiger partial charge >= 0.3 is 11.8 Å². The van der Waals surface area contributed by atoms with Crippen molar-refractivity contribution in [3.05, 3.63) is 40.2 Å². The summed E-state index contributed by atoms with van der Waals surface area (Å²) in [5.41, 5.74) is 1.51. The van der Waals surface area contributed by atoms with E-state index in [0.29, 0.717) is 29.5 Å². The molecule has 35 heavy (non-hydrogen) atoms. The molecular weight excluding hydrogens is 496 g/mol. The highest BCUT2D eigenvalue weighted by atomic mass is 35.5. The van der Waals surface area contributed by atoms with Crippen LogP contribution in [0.5, 0.6) is 0 Å². The van der Waals surface area contributed by atoms with Gasteiger partial charge in [0.15, 0.2) is 7.11 Å². The minimum atomic E-state index is -3.12. The van der Waals surface area contributed by atoms with Crippen LogP contribution in [-0.4, -0.2) is 58.3 Å². The SMILES string of the molecule is CC.CCOC(=O)N=S(C)(=O)c1ccc([N+](=O)OC)cc1NCCCCNc1nc(Cl)ncc1C. The number of nitrogens with zero attached hydrogens (tertiary/aromatic N) is 4. The van der Waals surface area contributed by atoms with Crippen molar-refractivity contribution in [2.45, 2.75) is 45.4 Å². The van der Waals surface area contributed by atoms with Crippen molar-refractivity contribution in [1.82, 2.24) is 9.97 Å². The molecule has 194 valence electrons. The zero-order valence-electron chi connectivity index (χ0n) is 21.0. The van der Waals surface area contributed by atoms with Gasteiger partial charge in [-0.05, 0) is 44.4 Å². The molecule has 0 bridgehead atoms. The molecule has 2 aromatic rings. The van der Waals surface area contributed by atoms with Gasteiger partial charge in [-0.25, -0.2) is 23.8 Å². The molecule has 11 nitrogen and oxygen atoms in total. The van der Waals surface area contributed by atoms with Crippen LogP contribution in [0.3, 0.4) is 0 Å². The van der Waals surface area contributed by atoms with Crippen molar-refractivity contribution in [3.8, 4) is 0 Å². The van der Waals surface area contributed by atoms with E-state index in [-0.39, 0.29) is 22.5 Å². The summed E-state index contributed by atoms with van der Waals surface area (Å²) < 4.78 is 21.6. The minimum Gasteiger partial charge on any atom is -0.448 e. The molecule has 0 saturated heterocycles. The number of nitrogens with one attached hydrogen (secondary N) is 2. The number of ether oxygens (including phenoxy) is 1. The fourth-order valence-electron chi connectivity index (χ4n) is 2.83. The molecular formula is C22H34ClN6O5S+. The highest BCUT2D eigenvalue weighted by molar-refractivity contribution is 7.93. The average Bonchev–Trinajstić information content (AvgIpc) is 2.83. The Morgan fingerprint density at radius 1 is 1.23 bits per heavy atom. The van der Waals surface area contributed by atoms with E-state index in [4.69, 9.17) is 16.3 Å². The Balaban J connectivity index is 0.00000298. The molecule has 13 heteroatoms. The lowest BCUT2D eigenvalue weighted by molar-refractivity contribution is -0.736. The Kier molecular flexibility index (Phi) is 13.0. The van der Waals surface area contributed by atoms with Crippen molar-refractivity contribution in [3.63, 3.8) is 0 Å². The lowest BCUT2D eigenvalue weighted by atomic mass is 10.2. The van der Waals surface area contributed by atoms with Crippen LogP contribution in [0, 0.1) is 11.8 Å². The number of carbonyl (C=O) groups excluding carboxylic acids is 1. The zero-order chi connectivity index (χ0) is 26.4. The molecule has 1 aromatic carbocycles. The lowest BCUT2D eigenvalue weighted by Gasteiger charge is -2.13. The van der Waals surface area contributed by atoms with E-state index >= 15 is 0 Å². The predicted octanol–water partition coefficient (Wildman–Crippen LogP) is 5.35. The van der Waals surface area contributed by atoms with Crippen LogP contribution in [0.25, 0.3) is 0 Å². The summed E-state index contributed by atoms with van der Waals surface area (Å²) in [4.78, 5) is 37.0. The number of unbranched alkanes of at least 4 members (excludes halogenated alkanes) is 1. The second kappa shape index (κ2) is 15.1. The first-order valence-electron chi connectivity index (χ1n) is 11.2. The fourth-order valence-corrected chi connectivity index (χ4v) is 4.25. The second-order valence-corrected chi connectivity index (χ2v) is 9.51. The Bertz CT molecular complexity index is 1120. The maximum atomic E-state index is 13.1. The quantitative estimate of drug-likeness (QED) is 0.224. The van der Waals surface area contributed by atoms with Crippen molar-refractivity contribution < 1.29 is 23.5 Å². The number of carbonyl (C=O) groups is 1. The number of hydrogen-bond donors (Lipinski definition) is 2. The Morgan fingerprint density at radius 3 is 2.51 bits per heavy atom. The molecule has 0 aliphatic heterocycles. The summed E-state index contributed by atoms with van der Waals surface area (Å²) in [6, 6.07) is 4.43. The number of rotatable bonds is 11. The summed E-state index contributed by atoms with van der Waals surface area (Å²) in [6.45, 7) is 8.81. The average molecular weight is 530 g/mol. The van der Waals surface area contributed by atoms with Gasteiger partial charge in [0.25, 0.3) is 4.92 Å². The molecule has 1 amide bonds. The van der Waals surface area contributed by atoms with Crippen LogP contribution in [0.15, 0.2) is 33.7 Å². The summed E-state index contributed by atoms with van der Waals surface area (Å²) in [5, 5.41) is 6.57. The molecule has 2 N–H and O–H groups in total. The maximum Gasteiger partial charge on any atom is 0.442 e. The number of aromatic nitrogens is 2. The number of benzene rings is 1. The maximum absolute atomic E-state index is 13.1. The smallest absolute Gasteiger partial charge is 0.442 e. The molecule has 1 atom stereocenters. The molecule has 0 saturated carbocycles. The van der Waals surface area contributed by atoms with Crippen LogP contribution in [-0.2, 0) is 19.3 Å². The van der Waals surface area contributed by atoms with Gasteiger partial charge in [0.2, 0.25) is 5.28 Å². The monoisotopic (exact) mass is 529 g/mol. The molecule has 2 rings (SSSR count). The first-order chi connectivity index (χ1) is 16.7. The summed E-state index contributed by atoms with van der Waals surface area (Å²) in [7, 11) is -1.87. The number of halogens is 1. The summed E-state index contributed by atoms with van der Waals surface area (Å²) >= 11 is 5.83. The predicted molar refractivity (Wildman–Crippen MR) is 138 cm³/mol. The fraction of sp³-hybridized carbons (Fsp3) is 0.500. The molecule has 0 aliphatic rings. The zero-order valence-corrected chi connectivity index (χ0v) is 22.5. The third-order valence-corrected chi connectivity index (χ3v) is 6.27. The van der Waals surface area contributed by atoms with Crippen molar-refractivity contribution in [2.24, 2.45) is 4.36 Å². The molecule has 1 heterocycles. The van der Waals surface area contributed by atoms with Crippen LogP contribution in [0.2, 0.25) is 5.28 Å². The Labute approximate surface area is 211 Å². The number of amides is 1. The Morgan fingerprint density at radius 2 is 1.89 bits per heavy atom. The van der Waals surface area contributed by atoms with Gasteiger partial charge in [-0.1, -0.05) is 13.8 Å². The van der Waals surface area contributed by atoms with Gasteiger partial charge < -0.3 is 15.4 Å². The standard InChI is InChI=1S/C20H27ClN6O5S.C2H6/c1-5-32-20(28)26-33(4,30)17-9-8-15(27(29)31-3)12-16(17)22-10-6-7-11-23-18-14(2)13-24-19(21)25-18;1-2/h8-9,12-13H,5-7,10-11H2,1-4H3,(H-,22,23,24,25,26,28,30);1-2H3/p+1. The van der Waals surface area contributed by atoms with Crippen LogP contribution in [0.1, 0.15) is 39.2 Å². The van der Waals surface area contributed by atoms with Crippen molar-refractivity contribution in [2.75, 3.05) is 43.7 Å². The van der Waals surface area contributed by atoms with Crippen LogP contribution >= 0.6 is 11.6 Å². The lowest BCUT2D eigenvalue weighted by Crippen LogP contribution is -2.12. The van der Waals surface area contributed by atoms with Crippen molar-refractivity contribution in [1.29, 1.82) is 0 Å². The van der Waals surface area contributed by atoms with Crippen LogP contribution in [0.4, 0.5) is 22.0 Å². The van der Waals surface area contributed by atoms with E-state index in [9.17, 15) is 13.9 Å². The van der Waals surface area contributed by atoms with E-state index in [0.717, 1.165) is 18.4 Å². The number of anilines is 2. The third-order valence-electron chi connectivity index (χ3n) is 4.42. The number of hydrogen-bond acceptors (Lipinski definition) is 9. The highest BCUT2D eigenvalue weighted by Crippen LogP contribution is 2.28. The van der Waals surface area contributed by atoms with E-state index < -0.39 is 15.8 Å².